The number of ketones is 1. The maximum Gasteiger partial charge on any atom is 0.358 e. The third-order valence-electron chi connectivity index (χ3n) is 2.73. The molecule has 0 spiro atoms. The van der Waals surface area contributed by atoms with Crippen molar-refractivity contribution < 1.29 is 19.4 Å². The number of hydrogen-bond acceptors (Lipinski definition) is 5. The smallest absolute Gasteiger partial charge is 0.358 e. The van der Waals surface area contributed by atoms with E-state index in [0.29, 0.717) is 17.1 Å². The number of aliphatic hydroxyl groups excluding tert-OH is 1. The zero-order valence-corrected chi connectivity index (χ0v) is 11.6. The number of aliphatic hydroxyl groups is 1. The minimum Gasteiger partial charge on any atom is -0.428 e. The van der Waals surface area contributed by atoms with Crippen LogP contribution in [-0.2, 0) is 0 Å². The SMILES string of the molecule is BC(B)(B)N[C@@H](C)C(=O)c1ccc2c(c1)OC(O)O2. The lowest BCUT2D eigenvalue weighted by atomic mass is 9.49. The highest BCUT2D eigenvalue weighted by Gasteiger charge is 2.25. The average molecular weight is 259 g/mol. The molecule has 0 aliphatic carbocycles. The monoisotopic (exact) mass is 259 g/mol. The zero-order chi connectivity index (χ0) is 14.2. The molecule has 2 atom stereocenters. The van der Waals surface area contributed by atoms with Crippen LogP contribution in [0.2, 0.25) is 0 Å². The standard InChI is InChI=1S/C11H16B3NO4/c1-5(15-11(12,13)14)9(16)6-2-3-7-8(4-6)19-10(17)18-7/h2-5,10,15,17H,12-14H2,1H3/t5-,10?/m0/s1. The minimum atomic E-state index is -1.29. The van der Waals surface area contributed by atoms with Gasteiger partial charge < -0.3 is 19.9 Å². The molecule has 1 aliphatic rings. The third kappa shape index (κ3) is 3.33. The summed E-state index contributed by atoms with van der Waals surface area (Å²) < 4.78 is 10.0. The van der Waals surface area contributed by atoms with E-state index in [4.69, 9.17) is 9.47 Å². The third-order valence-corrected chi connectivity index (χ3v) is 2.73. The highest BCUT2D eigenvalue weighted by Crippen LogP contribution is 2.34. The molecule has 0 saturated heterocycles. The van der Waals surface area contributed by atoms with E-state index in [1.165, 1.54) is 0 Å². The first-order chi connectivity index (χ1) is 8.76. The van der Waals surface area contributed by atoms with E-state index >= 15 is 0 Å². The van der Waals surface area contributed by atoms with Crippen molar-refractivity contribution in [1.82, 2.24) is 5.32 Å². The maximum absolute atomic E-state index is 12.3. The van der Waals surface area contributed by atoms with Crippen molar-refractivity contribution in [2.45, 2.75) is 24.7 Å². The van der Waals surface area contributed by atoms with Gasteiger partial charge in [-0.05, 0) is 25.1 Å². The van der Waals surface area contributed by atoms with Crippen LogP contribution >= 0.6 is 0 Å². The topological polar surface area (TPSA) is 67.8 Å². The minimum absolute atomic E-state index is 0.0253. The van der Waals surface area contributed by atoms with Gasteiger partial charge in [-0.25, -0.2) is 0 Å². The Balaban J connectivity index is 2.15. The summed E-state index contributed by atoms with van der Waals surface area (Å²) in [6.45, 7) is 0.540. The normalized spacial score (nSPS) is 19.2. The number of ether oxygens (including phenoxy) is 2. The molecule has 1 heterocycles. The number of carbonyl (C=O) groups is 1. The Labute approximate surface area is 114 Å². The number of benzene rings is 1. The molecule has 0 amide bonds. The quantitative estimate of drug-likeness (QED) is 0.458. The van der Waals surface area contributed by atoms with Crippen LogP contribution in [0.4, 0.5) is 0 Å². The van der Waals surface area contributed by atoms with Gasteiger partial charge in [0.2, 0.25) is 0 Å². The Morgan fingerprint density at radius 3 is 2.63 bits per heavy atom. The second kappa shape index (κ2) is 4.94. The Morgan fingerprint density at radius 2 is 2.00 bits per heavy atom. The molecule has 5 nitrogen and oxygen atoms in total. The van der Waals surface area contributed by atoms with Crippen LogP contribution in [0.25, 0.3) is 0 Å². The summed E-state index contributed by atoms with van der Waals surface area (Å²) in [4.78, 5) is 12.3. The van der Waals surface area contributed by atoms with Crippen LogP contribution in [0.3, 0.4) is 0 Å². The summed E-state index contributed by atoms with van der Waals surface area (Å²) in [5.74, 6) is 0.810. The van der Waals surface area contributed by atoms with E-state index < -0.39 is 6.48 Å². The van der Waals surface area contributed by atoms with Crippen LogP contribution in [0.1, 0.15) is 17.3 Å². The molecule has 0 aromatic heterocycles. The van der Waals surface area contributed by atoms with E-state index in [1.807, 2.05) is 30.5 Å². The molecule has 1 aliphatic heterocycles. The molecule has 98 valence electrons. The highest BCUT2D eigenvalue weighted by atomic mass is 16.8. The van der Waals surface area contributed by atoms with Gasteiger partial charge in [0.1, 0.15) is 23.5 Å². The van der Waals surface area contributed by atoms with Crippen LogP contribution in [-0.4, -0.2) is 52.2 Å². The van der Waals surface area contributed by atoms with E-state index in [9.17, 15) is 9.90 Å². The molecule has 0 radical (unpaired) electrons. The summed E-state index contributed by atoms with van der Waals surface area (Å²) >= 11 is 0. The summed E-state index contributed by atoms with van der Waals surface area (Å²) in [6, 6.07) is 4.59. The number of fused-ring (bicyclic) bond motifs is 1. The molecule has 0 fully saturated rings. The van der Waals surface area contributed by atoms with E-state index in [2.05, 4.69) is 5.32 Å². The Morgan fingerprint density at radius 1 is 1.37 bits per heavy atom. The number of rotatable bonds is 4. The Hall–Kier alpha value is -1.40. The van der Waals surface area contributed by atoms with Crippen molar-refractivity contribution in [3.63, 3.8) is 0 Å². The Kier molecular flexibility index (Phi) is 3.65. The van der Waals surface area contributed by atoms with Crippen molar-refractivity contribution in [3.8, 4) is 11.5 Å². The van der Waals surface area contributed by atoms with Crippen LogP contribution in [0, 0.1) is 0 Å². The van der Waals surface area contributed by atoms with Gasteiger partial charge in [-0.3, -0.25) is 4.79 Å². The van der Waals surface area contributed by atoms with Crippen molar-refractivity contribution >= 4 is 29.3 Å². The second-order valence-corrected chi connectivity index (χ2v) is 5.68. The zero-order valence-electron chi connectivity index (χ0n) is 11.6. The maximum atomic E-state index is 12.3. The first kappa shape index (κ1) is 14.0. The van der Waals surface area contributed by atoms with Crippen LogP contribution in [0.5, 0.6) is 11.5 Å². The first-order valence-corrected chi connectivity index (χ1v) is 6.23. The molecule has 1 aromatic carbocycles. The van der Waals surface area contributed by atoms with Crippen LogP contribution < -0.4 is 14.8 Å². The van der Waals surface area contributed by atoms with Crippen molar-refractivity contribution in [2.75, 3.05) is 0 Å². The van der Waals surface area contributed by atoms with Crippen molar-refractivity contribution in [3.05, 3.63) is 23.8 Å². The molecule has 1 unspecified atom stereocenters. The Bertz CT molecular complexity index is 503. The lowest BCUT2D eigenvalue weighted by Gasteiger charge is -2.25. The van der Waals surface area contributed by atoms with Gasteiger partial charge in [-0.2, -0.15) is 0 Å². The van der Waals surface area contributed by atoms with Crippen molar-refractivity contribution in [2.24, 2.45) is 0 Å². The number of carbonyl (C=O) groups excluding carboxylic acids is 1. The van der Waals surface area contributed by atoms with Gasteiger partial charge in [0.15, 0.2) is 17.3 Å². The number of Topliss-reactive ketones (excluding diaryl/α,β-unsaturated/α-hetero) is 1. The molecule has 19 heavy (non-hydrogen) atoms. The molecular formula is C11H16B3NO4. The number of nitrogens with one attached hydrogen (secondary N) is 1. The van der Waals surface area contributed by atoms with E-state index in [-0.39, 0.29) is 17.1 Å². The molecule has 1 aromatic rings. The van der Waals surface area contributed by atoms with Crippen LogP contribution in [0.15, 0.2) is 18.2 Å². The van der Waals surface area contributed by atoms with Gasteiger partial charge in [0, 0.05) is 5.56 Å². The second-order valence-electron chi connectivity index (χ2n) is 5.68. The highest BCUT2D eigenvalue weighted by molar-refractivity contribution is 6.59. The van der Waals surface area contributed by atoms with Gasteiger partial charge in [0.05, 0.1) is 6.04 Å². The van der Waals surface area contributed by atoms with Gasteiger partial charge in [-0.15, -0.1) is 0 Å². The molecular weight excluding hydrogens is 243 g/mol. The molecule has 8 heteroatoms. The summed E-state index contributed by atoms with van der Waals surface area (Å²) in [5.41, 5.74) is 0.528. The lowest BCUT2D eigenvalue weighted by Crippen LogP contribution is -2.53. The van der Waals surface area contributed by atoms with E-state index in [1.54, 1.807) is 18.2 Å². The summed E-state index contributed by atoms with van der Waals surface area (Å²) in [6.07, 6.45) is 0. The predicted octanol–water partition coefficient (Wildman–Crippen LogP) is -2.59. The van der Waals surface area contributed by atoms with Gasteiger partial charge in [-0.1, -0.05) is 5.24 Å². The number of hydrogen-bond donors (Lipinski definition) is 2. The van der Waals surface area contributed by atoms with Gasteiger partial charge >= 0.3 is 6.48 Å². The predicted molar refractivity (Wildman–Crippen MR) is 79.0 cm³/mol. The fourth-order valence-electron chi connectivity index (χ4n) is 2.06. The van der Waals surface area contributed by atoms with Gasteiger partial charge in [0.25, 0.3) is 0 Å². The average Bonchev–Trinajstić information content (AvgIpc) is 2.64. The molecule has 0 bridgehead atoms. The molecule has 2 rings (SSSR count). The van der Waals surface area contributed by atoms with E-state index in [0.717, 1.165) is 0 Å². The molecule has 0 saturated carbocycles. The summed E-state index contributed by atoms with van der Waals surface area (Å²) in [7, 11) is 6.02. The largest absolute Gasteiger partial charge is 0.428 e. The fourth-order valence-corrected chi connectivity index (χ4v) is 2.06. The summed E-state index contributed by atoms with van der Waals surface area (Å²) in [5, 5.41) is 12.3. The lowest BCUT2D eigenvalue weighted by molar-refractivity contribution is -0.133. The molecule has 2 N–H and O–H groups in total. The van der Waals surface area contributed by atoms with Crippen molar-refractivity contribution in [1.29, 1.82) is 0 Å². The fraction of sp³-hybridized carbons (Fsp3) is 0.364. The first-order valence-electron chi connectivity index (χ1n) is 6.23.